The Kier molecular flexibility index (Phi) is 3.27. The molecule has 1 saturated carbocycles. The molecule has 1 aromatic carbocycles. The number of carbonyl (C=O) groups is 1. The van der Waals surface area contributed by atoms with Crippen LogP contribution in [0.2, 0.25) is 0 Å². The van der Waals surface area contributed by atoms with E-state index in [2.05, 4.69) is 0 Å². The summed E-state index contributed by atoms with van der Waals surface area (Å²) in [5.74, 6) is -1.26. The molecule has 1 aliphatic rings. The van der Waals surface area contributed by atoms with E-state index >= 15 is 0 Å². The van der Waals surface area contributed by atoms with Crippen molar-refractivity contribution < 1.29 is 14.3 Å². The van der Waals surface area contributed by atoms with E-state index in [1.807, 2.05) is 24.6 Å². The maximum atomic E-state index is 15.0. The second-order valence-electron chi connectivity index (χ2n) is 6.15. The maximum Gasteiger partial charge on any atom is 0.314 e. The van der Waals surface area contributed by atoms with Crippen molar-refractivity contribution in [3.8, 4) is 0 Å². The van der Waals surface area contributed by atoms with Crippen molar-refractivity contribution in [3.05, 3.63) is 35.3 Å². The topological polar surface area (TPSA) is 42.2 Å². The van der Waals surface area contributed by atoms with E-state index < -0.39 is 11.4 Å². The molecule has 1 aromatic heterocycles. The van der Waals surface area contributed by atoms with Gasteiger partial charge in [0.2, 0.25) is 0 Å². The predicted octanol–water partition coefficient (Wildman–Crippen LogP) is 3.91. The van der Waals surface area contributed by atoms with E-state index in [1.54, 1.807) is 12.1 Å². The van der Waals surface area contributed by atoms with Crippen LogP contribution in [0.25, 0.3) is 10.9 Å². The summed E-state index contributed by atoms with van der Waals surface area (Å²) < 4.78 is 16.9. The normalized spacial score (nSPS) is 18.0. The van der Waals surface area contributed by atoms with Gasteiger partial charge in [-0.15, -0.1) is 0 Å². The lowest BCUT2D eigenvalue weighted by Gasteiger charge is -2.34. The first-order valence-corrected chi connectivity index (χ1v) is 7.46. The van der Waals surface area contributed by atoms with Gasteiger partial charge in [0.15, 0.2) is 0 Å². The number of hydrogen-bond donors (Lipinski definition) is 1. The van der Waals surface area contributed by atoms with Crippen LogP contribution in [0.3, 0.4) is 0 Å². The summed E-state index contributed by atoms with van der Waals surface area (Å²) in [4.78, 5) is 11.9. The molecule has 0 aliphatic heterocycles. The van der Waals surface area contributed by atoms with Gasteiger partial charge in [-0.05, 0) is 31.9 Å². The molecular formula is C17H20FNO2. The van der Waals surface area contributed by atoms with Crippen LogP contribution in [0.15, 0.2) is 18.2 Å². The number of nitrogens with zero attached hydrogens (tertiary/aromatic N) is 1. The number of rotatable bonds is 2. The second-order valence-corrected chi connectivity index (χ2v) is 6.15. The van der Waals surface area contributed by atoms with E-state index in [0.717, 1.165) is 30.5 Å². The van der Waals surface area contributed by atoms with E-state index in [9.17, 15) is 14.3 Å². The van der Waals surface area contributed by atoms with E-state index in [-0.39, 0.29) is 5.82 Å². The molecule has 0 atom stereocenters. The minimum absolute atomic E-state index is 0.354. The fourth-order valence-electron chi connectivity index (χ4n) is 3.63. The first-order valence-electron chi connectivity index (χ1n) is 7.46. The maximum absolute atomic E-state index is 15.0. The average Bonchev–Trinajstić information content (AvgIpc) is 2.77. The van der Waals surface area contributed by atoms with Crippen LogP contribution in [-0.2, 0) is 17.3 Å². The van der Waals surface area contributed by atoms with Gasteiger partial charge in [-0.25, -0.2) is 4.39 Å². The summed E-state index contributed by atoms with van der Waals surface area (Å²) in [6.07, 6.45) is 3.77. The molecule has 0 radical (unpaired) electrons. The fraction of sp³-hybridized carbons (Fsp3) is 0.471. The molecule has 4 heteroatoms. The molecule has 1 heterocycles. The van der Waals surface area contributed by atoms with Crippen LogP contribution in [-0.4, -0.2) is 15.6 Å². The van der Waals surface area contributed by atoms with Crippen LogP contribution >= 0.6 is 0 Å². The molecule has 0 saturated heterocycles. The minimum Gasteiger partial charge on any atom is -0.481 e. The van der Waals surface area contributed by atoms with Crippen molar-refractivity contribution in [2.45, 2.75) is 44.4 Å². The summed E-state index contributed by atoms with van der Waals surface area (Å²) in [6.45, 7) is 1.92. The number of benzene rings is 1. The molecule has 21 heavy (non-hydrogen) atoms. The summed E-state index contributed by atoms with van der Waals surface area (Å²) in [5, 5.41) is 10.3. The molecule has 1 aliphatic carbocycles. The van der Waals surface area contributed by atoms with Gasteiger partial charge < -0.3 is 9.67 Å². The highest BCUT2D eigenvalue weighted by Gasteiger charge is 2.43. The zero-order valence-corrected chi connectivity index (χ0v) is 12.4. The van der Waals surface area contributed by atoms with Crippen molar-refractivity contribution in [1.29, 1.82) is 0 Å². The third kappa shape index (κ3) is 1.96. The standard InChI is InChI=1S/C17H20FNO2/c1-11-10-12-14(19(11)2)7-6-13(15(12)18)17(16(20)21)8-4-3-5-9-17/h6-7,10H,3-5,8-9H2,1-2H3,(H,20,21). The Labute approximate surface area is 123 Å². The van der Waals surface area contributed by atoms with Crippen LogP contribution in [0.5, 0.6) is 0 Å². The lowest BCUT2D eigenvalue weighted by molar-refractivity contribution is -0.145. The molecule has 3 rings (SSSR count). The van der Waals surface area contributed by atoms with E-state index in [0.29, 0.717) is 23.8 Å². The van der Waals surface area contributed by atoms with Crippen LogP contribution in [0.1, 0.15) is 43.4 Å². The number of hydrogen-bond acceptors (Lipinski definition) is 1. The third-order valence-corrected chi connectivity index (χ3v) is 5.03. The van der Waals surface area contributed by atoms with Crippen molar-refractivity contribution in [3.63, 3.8) is 0 Å². The largest absolute Gasteiger partial charge is 0.481 e. The van der Waals surface area contributed by atoms with Gasteiger partial charge >= 0.3 is 5.97 Å². The molecule has 2 aromatic rings. The molecular weight excluding hydrogens is 269 g/mol. The lowest BCUT2D eigenvalue weighted by atomic mass is 9.69. The zero-order valence-electron chi connectivity index (χ0n) is 12.4. The van der Waals surface area contributed by atoms with Gasteiger partial charge in [0.1, 0.15) is 5.82 Å². The van der Waals surface area contributed by atoms with Crippen molar-refractivity contribution >= 4 is 16.9 Å². The predicted molar refractivity (Wildman–Crippen MR) is 80.0 cm³/mol. The SMILES string of the molecule is Cc1cc2c(F)c(C3(C(=O)O)CCCCC3)ccc2n1C. The number of aromatic nitrogens is 1. The van der Waals surface area contributed by atoms with E-state index in [4.69, 9.17) is 0 Å². The Bertz CT molecular complexity index is 711. The third-order valence-electron chi connectivity index (χ3n) is 5.03. The Morgan fingerprint density at radius 1 is 1.29 bits per heavy atom. The summed E-state index contributed by atoms with van der Waals surface area (Å²) in [7, 11) is 1.89. The summed E-state index contributed by atoms with van der Waals surface area (Å²) >= 11 is 0. The Morgan fingerprint density at radius 3 is 2.57 bits per heavy atom. The van der Waals surface area contributed by atoms with Crippen molar-refractivity contribution in [2.75, 3.05) is 0 Å². The fourth-order valence-corrected chi connectivity index (χ4v) is 3.63. The van der Waals surface area contributed by atoms with Gasteiger partial charge in [0.05, 0.1) is 10.9 Å². The van der Waals surface area contributed by atoms with E-state index in [1.165, 1.54) is 0 Å². The number of aliphatic carboxylic acids is 1. The highest BCUT2D eigenvalue weighted by molar-refractivity contribution is 5.87. The second kappa shape index (κ2) is 4.86. The summed E-state index contributed by atoms with van der Waals surface area (Å²) in [5.41, 5.74) is 1.08. The minimum atomic E-state index is -1.06. The highest BCUT2D eigenvalue weighted by atomic mass is 19.1. The quantitative estimate of drug-likeness (QED) is 0.910. The van der Waals surface area contributed by atoms with Gasteiger partial charge in [0.25, 0.3) is 0 Å². The van der Waals surface area contributed by atoms with Gasteiger partial charge in [-0.1, -0.05) is 25.3 Å². The molecule has 1 fully saturated rings. The Morgan fingerprint density at radius 2 is 1.95 bits per heavy atom. The average molecular weight is 289 g/mol. The van der Waals surface area contributed by atoms with Crippen LogP contribution in [0, 0.1) is 12.7 Å². The van der Waals surface area contributed by atoms with Crippen molar-refractivity contribution in [1.82, 2.24) is 4.57 Å². The smallest absolute Gasteiger partial charge is 0.314 e. The Hall–Kier alpha value is -1.84. The monoisotopic (exact) mass is 289 g/mol. The molecule has 0 unspecified atom stereocenters. The first kappa shape index (κ1) is 14.1. The van der Waals surface area contributed by atoms with Crippen LogP contribution in [0.4, 0.5) is 4.39 Å². The molecule has 3 nitrogen and oxygen atoms in total. The number of halogens is 1. The highest BCUT2D eigenvalue weighted by Crippen LogP contribution is 2.42. The number of carboxylic acids is 1. The molecule has 112 valence electrons. The lowest BCUT2D eigenvalue weighted by Crippen LogP contribution is -2.38. The van der Waals surface area contributed by atoms with Gasteiger partial charge in [-0.2, -0.15) is 0 Å². The molecule has 1 N–H and O–H groups in total. The van der Waals surface area contributed by atoms with Gasteiger partial charge in [-0.3, -0.25) is 4.79 Å². The Balaban J connectivity index is 2.23. The summed E-state index contributed by atoms with van der Waals surface area (Å²) in [6, 6.07) is 5.32. The molecule has 0 bridgehead atoms. The molecule has 0 amide bonds. The number of fused-ring (bicyclic) bond motifs is 1. The number of aryl methyl sites for hydroxylation is 2. The first-order chi connectivity index (χ1) is 9.97. The zero-order chi connectivity index (χ0) is 15.2. The molecule has 0 spiro atoms. The number of carboxylic acid groups (broad SMARTS) is 1. The van der Waals surface area contributed by atoms with Gasteiger partial charge in [0, 0.05) is 23.7 Å². The van der Waals surface area contributed by atoms with Crippen molar-refractivity contribution in [2.24, 2.45) is 7.05 Å². The van der Waals surface area contributed by atoms with Crippen LogP contribution < -0.4 is 0 Å².